The van der Waals surface area contributed by atoms with E-state index in [-0.39, 0.29) is 17.6 Å². The molecule has 5 rings (SSSR count). The monoisotopic (exact) mass is 557 g/mol. The normalized spacial score (nSPS) is 18.9. The van der Waals surface area contributed by atoms with Gasteiger partial charge in [-0.25, -0.2) is 0 Å². The van der Waals surface area contributed by atoms with E-state index in [9.17, 15) is 5.11 Å². The molecular weight excluding hydrogens is 510 g/mol. The number of ether oxygens (including phenoxy) is 1. The summed E-state index contributed by atoms with van der Waals surface area (Å²) in [6.07, 6.45) is 15.3. The highest BCUT2D eigenvalue weighted by Crippen LogP contribution is 2.47. The van der Waals surface area contributed by atoms with Crippen LogP contribution in [0.4, 0.5) is 0 Å². The zero-order valence-corrected chi connectivity index (χ0v) is 24.9. The summed E-state index contributed by atoms with van der Waals surface area (Å²) >= 11 is 1.99. The molecule has 0 spiro atoms. The zero-order chi connectivity index (χ0) is 27.4. The van der Waals surface area contributed by atoms with Crippen LogP contribution < -0.4 is 4.74 Å². The summed E-state index contributed by atoms with van der Waals surface area (Å²) in [7, 11) is 0. The average Bonchev–Trinajstić information content (AvgIpc) is 3.51. The summed E-state index contributed by atoms with van der Waals surface area (Å²) in [6, 6.07) is 25.4. The maximum atomic E-state index is 10.0. The molecule has 0 bridgehead atoms. The van der Waals surface area contributed by atoms with Crippen LogP contribution in [0, 0.1) is 0 Å². The summed E-state index contributed by atoms with van der Waals surface area (Å²) < 4.78 is 6.12. The maximum absolute atomic E-state index is 10.0. The number of benzene rings is 3. The van der Waals surface area contributed by atoms with Gasteiger partial charge in [-0.1, -0.05) is 93.5 Å². The van der Waals surface area contributed by atoms with Crippen molar-refractivity contribution in [1.82, 2.24) is 4.90 Å². The molecule has 40 heavy (non-hydrogen) atoms. The van der Waals surface area contributed by atoms with Crippen LogP contribution in [-0.4, -0.2) is 42.0 Å². The number of phenolic OH excluding ortho intramolecular Hbond substituents is 1. The van der Waals surface area contributed by atoms with Crippen molar-refractivity contribution in [3.05, 3.63) is 89.5 Å². The minimum Gasteiger partial charge on any atom is -0.508 e. The summed E-state index contributed by atoms with van der Waals surface area (Å²) in [6.45, 7) is 4.64. The Bertz CT molecular complexity index is 1140. The van der Waals surface area contributed by atoms with Gasteiger partial charge in [0.05, 0.1) is 6.61 Å². The van der Waals surface area contributed by atoms with Gasteiger partial charge in [-0.15, -0.1) is 11.8 Å². The van der Waals surface area contributed by atoms with Crippen molar-refractivity contribution >= 4 is 11.8 Å². The second kappa shape index (κ2) is 15.5. The van der Waals surface area contributed by atoms with Crippen LogP contribution in [0.5, 0.6) is 11.5 Å². The van der Waals surface area contributed by atoms with Gasteiger partial charge in [0.2, 0.25) is 0 Å². The van der Waals surface area contributed by atoms with E-state index in [0.717, 1.165) is 11.3 Å². The third-order valence-corrected chi connectivity index (χ3v) is 9.80. The maximum Gasteiger partial charge on any atom is 0.126 e. The molecule has 2 heterocycles. The molecule has 0 saturated carbocycles. The highest BCUT2D eigenvalue weighted by molar-refractivity contribution is 7.99. The van der Waals surface area contributed by atoms with Crippen LogP contribution in [0.1, 0.15) is 99.2 Å². The molecule has 0 aliphatic carbocycles. The number of thioether (sulfide) groups is 1. The first-order chi connectivity index (χ1) is 19.8. The molecule has 0 amide bonds. The SMILES string of the molecule is Oc1ccc2c(c1)OC[C@@H](c1ccccc1)[C@H]2c1ccc(SCCCCCCCCCCCN2CCCC2)cc1. The Kier molecular flexibility index (Phi) is 11.3. The highest BCUT2D eigenvalue weighted by Gasteiger charge is 2.33. The molecule has 1 saturated heterocycles. The third kappa shape index (κ3) is 8.30. The van der Waals surface area contributed by atoms with E-state index >= 15 is 0 Å². The van der Waals surface area contributed by atoms with E-state index in [2.05, 4.69) is 59.5 Å². The lowest BCUT2D eigenvalue weighted by Gasteiger charge is -2.34. The second-order valence-corrected chi connectivity index (χ2v) is 12.8. The van der Waals surface area contributed by atoms with Gasteiger partial charge in [-0.05, 0) is 80.4 Å². The molecule has 3 aromatic carbocycles. The Morgan fingerprint density at radius 3 is 2.12 bits per heavy atom. The van der Waals surface area contributed by atoms with E-state index < -0.39 is 0 Å². The van der Waals surface area contributed by atoms with Crippen molar-refractivity contribution < 1.29 is 9.84 Å². The summed E-state index contributed by atoms with van der Waals surface area (Å²) in [4.78, 5) is 4.00. The van der Waals surface area contributed by atoms with E-state index in [1.54, 1.807) is 12.1 Å². The van der Waals surface area contributed by atoms with E-state index in [1.807, 2.05) is 17.8 Å². The third-order valence-electron chi connectivity index (χ3n) is 8.71. The Hall–Kier alpha value is -2.43. The summed E-state index contributed by atoms with van der Waals surface area (Å²) in [5, 5.41) is 10.0. The van der Waals surface area contributed by atoms with Gasteiger partial charge >= 0.3 is 0 Å². The number of hydrogen-bond acceptors (Lipinski definition) is 4. The van der Waals surface area contributed by atoms with Crippen LogP contribution in [0.2, 0.25) is 0 Å². The summed E-state index contributed by atoms with van der Waals surface area (Å²) in [5.41, 5.74) is 3.76. The van der Waals surface area contributed by atoms with Crippen molar-refractivity contribution in [2.75, 3.05) is 32.0 Å². The summed E-state index contributed by atoms with van der Waals surface area (Å²) in [5.74, 6) is 2.70. The molecule has 3 aromatic rings. The van der Waals surface area contributed by atoms with Gasteiger partial charge in [0, 0.05) is 28.4 Å². The molecular formula is C36H47NO2S. The molecule has 214 valence electrons. The minimum atomic E-state index is 0.205. The van der Waals surface area contributed by atoms with Crippen LogP contribution in [0.3, 0.4) is 0 Å². The van der Waals surface area contributed by atoms with E-state index in [4.69, 9.17) is 4.74 Å². The van der Waals surface area contributed by atoms with Crippen LogP contribution in [-0.2, 0) is 0 Å². The zero-order valence-electron chi connectivity index (χ0n) is 24.1. The van der Waals surface area contributed by atoms with Crippen molar-refractivity contribution in [2.24, 2.45) is 0 Å². The number of likely N-dealkylation sites (tertiary alicyclic amines) is 1. The van der Waals surface area contributed by atoms with Crippen molar-refractivity contribution in [1.29, 1.82) is 0 Å². The lowest BCUT2D eigenvalue weighted by molar-refractivity contribution is 0.248. The van der Waals surface area contributed by atoms with Gasteiger partial charge in [0.1, 0.15) is 11.5 Å². The molecule has 1 N–H and O–H groups in total. The van der Waals surface area contributed by atoms with Gasteiger partial charge in [-0.3, -0.25) is 0 Å². The first-order valence-electron chi connectivity index (χ1n) is 15.7. The Morgan fingerprint density at radius 1 is 0.725 bits per heavy atom. The fourth-order valence-corrected chi connectivity index (χ4v) is 7.35. The molecule has 0 aromatic heterocycles. The number of unbranched alkanes of at least 4 members (excludes halogenated alkanes) is 8. The largest absolute Gasteiger partial charge is 0.508 e. The number of rotatable bonds is 15. The fourth-order valence-electron chi connectivity index (χ4n) is 6.44. The Morgan fingerprint density at radius 2 is 1.40 bits per heavy atom. The Balaban J connectivity index is 1.03. The highest BCUT2D eigenvalue weighted by atomic mass is 32.2. The quantitative estimate of drug-likeness (QED) is 0.149. The number of phenols is 1. The van der Waals surface area contributed by atoms with E-state index in [1.165, 1.54) is 112 Å². The first kappa shape index (κ1) is 29.1. The smallest absolute Gasteiger partial charge is 0.126 e. The first-order valence-corrected chi connectivity index (χ1v) is 16.7. The lowest BCUT2D eigenvalue weighted by Crippen LogP contribution is -2.25. The molecule has 2 atom stereocenters. The van der Waals surface area contributed by atoms with Crippen LogP contribution in [0.15, 0.2) is 77.7 Å². The predicted molar refractivity (Wildman–Crippen MR) is 169 cm³/mol. The lowest BCUT2D eigenvalue weighted by atomic mass is 9.76. The van der Waals surface area contributed by atoms with Crippen molar-refractivity contribution in [3.8, 4) is 11.5 Å². The van der Waals surface area contributed by atoms with Crippen LogP contribution in [0.25, 0.3) is 0 Å². The molecule has 0 radical (unpaired) electrons. The molecule has 2 aliphatic heterocycles. The molecule has 4 heteroatoms. The van der Waals surface area contributed by atoms with Gasteiger partial charge in [0.15, 0.2) is 0 Å². The van der Waals surface area contributed by atoms with Crippen molar-refractivity contribution in [3.63, 3.8) is 0 Å². The Labute approximate surface area is 246 Å². The molecule has 3 nitrogen and oxygen atoms in total. The van der Waals surface area contributed by atoms with Gasteiger partial charge in [0.25, 0.3) is 0 Å². The minimum absolute atomic E-state index is 0.205. The van der Waals surface area contributed by atoms with E-state index in [0.29, 0.717) is 6.61 Å². The topological polar surface area (TPSA) is 32.7 Å². The predicted octanol–water partition coefficient (Wildman–Crippen LogP) is 9.40. The fraction of sp³-hybridized carbons (Fsp3) is 0.500. The average molecular weight is 558 g/mol. The van der Waals surface area contributed by atoms with Gasteiger partial charge < -0.3 is 14.7 Å². The van der Waals surface area contributed by atoms with Gasteiger partial charge in [-0.2, -0.15) is 0 Å². The number of aromatic hydroxyl groups is 1. The number of nitrogens with zero attached hydrogens (tertiary/aromatic N) is 1. The standard InChI is InChI=1S/C36H47NO2S/c38-31-19-22-33-35(27-31)39-28-34(29-15-9-8-10-16-29)36(33)30-17-20-32(21-18-30)40-26-14-7-5-3-1-2-4-6-11-23-37-24-12-13-25-37/h8-10,15-22,27,34,36,38H,1-7,11-14,23-26,28H2/t34-,36-/m0/s1. The number of fused-ring (bicyclic) bond motifs is 1. The molecule has 0 unspecified atom stereocenters. The molecule has 1 fully saturated rings. The van der Waals surface area contributed by atoms with Crippen LogP contribution >= 0.6 is 11.8 Å². The second-order valence-electron chi connectivity index (χ2n) is 11.7. The van der Waals surface area contributed by atoms with Crippen molar-refractivity contribution in [2.45, 2.75) is 87.4 Å². The number of hydrogen-bond donors (Lipinski definition) is 1. The molecule has 2 aliphatic rings.